The Balaban J connectivity index is 1.91. The summed E-state index contributed by atoms with van der Waals surface area (Å²) in [5.74, 6) is 2.15. The number of unbranched alkanes of at least 4 members (excludes halogenated alkanes) is 1. The Hall–Kier alpha value is -1.28. The first-order valence-electron chi connectivity index (χ1n) is 13.9. The van der Waals surface area contributed by atoms with Crippen LogP contribution in [0.4, 0.5) is 5.82 Å². The van der Waals surface area contributed by atoms with Crippen LogP contribution in [-0.4, -0.2) is 60.6 Å². The number of aryl methyl sites for hydroxylation is 1. The molecule has 0 spiro atoms. The van der Waals surface area contributed by atoms with Crippen LogP contribution in [0.2, 0.25) is 0 Å². The van der Waals surface area contributed by atoms with Crippen molar-refractivity contribution in [3.05, 3.63) is 17.6 Å². The smallest absolute Gasteiger partial charge is 0.161 e. The lowest BCUT2D eigenvalue weighted by atomic mass is 9.84. The second-order valence-electron chi connectivity index (χ2n) is 10.8. The minimum absolute atomic E-state index is 0.0636. The largest absolute Gasteiger partial charge is 0.371 e. The van der Waals surface area contributed by atoms with E-state index in [0.717, 1.165) is 50.2 Å². The molecular weight excluding hydrogens is 442 g/mol. The molecule has 35 heavy (non-hydrogen) atoms. The van der Waals surface area contributed by atoms with Crippen molar-refractivity contribution in [3.63, 3.8) is 0 Å². The number of hydrogen-bond acceptors (Lipinski definition) is 7. The van der Waals surface area contributed by atoms with E-state index in [1.54, 1.807) is 6.33 Å². The minimum atomic E-state index is -0.288. The van der Waals surface area contributed by atoms with Gasteiger partial charge in [-0.25, -0.2) is 9.97 Å². The lowest BCUT2D eigenvalue weighted by Crippen LogP contribution is -2.48. The molecule has 0 saturated carbocycles. The number of rotatable bonds is 14. The summed E-state index contributed by atoms with van der Waals surface area (Å²) in [5, 5.41) is 0. The number of anilines is 1. The molecule has 200 valence electrons. The van der Waals surface area contributed by atoms with E-state index in [4.69, 9.17) is 18.9 Å². The molecule has 0 radical (unpaired) electrons. The Kier molecular flexibility index (Phi) is 10.8. The van der Waals surface area contributed by atoms with E-state index in [-0.39, 0.29) is 36.7 Å². The molecule has 3 rings (SSSR count). The zero-order valence-corrected chi connectivity index (χ0v) is 23.3. The van der Waals surface area contributed by atoms with Gasteiger partial charge in [-0.05, 0) is 44.4 Å². The molecule has 2 aliphatic heterocycles. The number of nitrogens with zero attached hydrogens (tertiary/aromatic N) is 3. The van der Waals surface area contributed by atoms with Crippen LogP contribution in [-0.2, 0) is 25.4 Å². The standard InChI is InChI=1S/C28H49N3O4/c1-9-12-16-32-25-24(35-28(33-15-10-2)23(18(4)5)19(6)7)22(11-3)34-27(25)31-14-13-21-20(8)29-17-30-26(21)31/h17-19,22-25,27-28H,9-16H2,1-8H3/t22-,24+,25?,27-,28?/m1/s1. The summed E-state index contributed by atoms with van der Waals surface area (Å²) in [6.07, 6.45) is 5.51. The number of fused-ring (bicyclic) bond motifs is 1. The summed E-state index contributed by atoms with van der Waals surface area (Å²) in [5.41, 5.74) is 2.26. The van der Waals surface area contributed by atoms with Crippen molar-refractivity contribution in [1.82, 2.24) is 9.97 Å². The van der Waals surface area contributed by atoms with Crippen LogP contribution in [0.15, 0.2) is 6.33 Å². The van der Waals surface area contributed by atoms with Gasteiger partial charge < -0.3 is 23.8 Å². The van der Waals surface area contributed by atoms with Gasteiger partial charge in [0.1, 0.15) is 24.4 Å². The van der Waals surface area contributed by atoms with E-state index in [0.29, 0.717) is 25.0 Å². The molecule has 1 saturated heterocycles. The maximum Gasteiger partial charge on any atom is 0.161 e. The van der Waals surface area contributed by atoms with Crippen molar-refractivity contribution in [2.75, 3.05) is 24.7 Å². The second kappa shape index (κ2) is 13.3. The predicted molar refractivity (Wildman–Crippen MR) is 139 cm³/mol. The molecule has 0 amide bonds. The van der Waals surface area contributed by atoms with Gasteiger partial charge in [0.15, 0.2) is 12.5 Å². The molecular formula is C28H49N3O4. The first-order chi connectivity index (χ1) is 16.8. The summed E-state index contributed by atoms with van der Waals surface area (Å²) in [4.78, 5) is 11.3. The van der Waals surface area contributed by atoms with Crippen LogP contribution in [0.1, 0.15) is 85.4 Å². The first kappa shape index (κ1) is 28.3. The molecule has 1 fully saturated rings. The fraction of sp³-hybridized carbons (Fsp3) is 0.857. The lowest BCUT2D eigenvalue weighted by Gasteiger charge is -2.37. The van der Waals surface area contributed by atoms with Crippen LogP contribution in [0.25, 0.3) is 0 Å². The Labute approximate surface area is 213 Å². The van der Waals surface area contributed by atoms with Crippen LogP contribution < -0.4 is 4.90 Å². The van der Waals surface area contributed by atoms with Gasteiger partial charge in [0, 0.05) is 36.9 Å². The van der Waals surface area contributed by atoms with Crippen molar-refractivity contribution in [2.24, 2.45) is 17.8 Å². The predicted octanol–water partition coefficient (Wildman–Crippen LogP) is 5.53. The number of aromatic nitrogens is 2. The Morgan fingerprint density at radius 3 is 2.40 bits per heavy atom. The van der Waals surface area contributed by atoms with Crippen molar-refractivity contribution in [2.45, 2.75) is 118 Å². The maximum atomic E-state index is 6.91. The molecule has 0 aliphatic carbocycles. The fourth-order valence-corrected chi connectivity index (χ4v) is 5.64. The van der Waals surface area contributed by atoms with Crippen molar-refractivity contribution in [3.8, 4) is 0 Å². The molecule has 7 nitrogen and oxygen atoms in total. The summed E-state index contributed by atoms with van der Waals surface area (Å²) in [6.45, 7) is 19.9. The van der Waals surface area contributed by atoms with Crippen molar-refractivity contribution < 1.29 is 18.9 Å². The minimum Gasteiger partial charge on any atom is -0.371 e. The SMILES string of the molecule is CCCCOC1[C@@H](OC(OCCC)C(C(C)C)C(C)C)[C@@H](CC)O[C@H]1N1CCc2c(C)ncnc21. The number of hydrogen-bond donors (Lipinski definition) is 0. The van der Waals surface area contributed by atoms with E-state index >= 15 is 0 Å². The van der Waals surface area contributed by atoms with Gasteiger partial charge in [0.25, 0.3) is 0 Å². The molecule has 1 aromatic rings. The quantitative estimate of drug-likeness (QED) is 0.250. The van der Waals surface area contributed by atoms with Gasteiger partial charge in [-0.1, -0.05) is 54.9 Å². The van der Waals surface area contributed by atoms with Crippen LogP contribution >= 0.6 is 0 Å². The van der Waals surface area contributed by atoms with Gasteiger partial charge >= 0.3 is 0 Å². The molecule has 7 heteroatoms. The third-order valence-corrected chi connectivity index (χ3v) is 7.45. The summed E-state index contributed by atoms with van der Waals surface area (Å²) < 4.78 is 26.6. The Bertz CT molecular complexity index is 767. The summed E-state index contributed by atoms with van der Waals surface area (Å²) in [6, 6.07) is 0. The van der Waals surface area contributed by atoms with E-state index in [9.17, 15) is 0 Å². The van der Waals surface area contributed by atoms with Crippen LogP contribution in [0, 0.1) is 24.7 Å². The highest BCUT2D eigenvalue weighted by Crippen LogP contribution is 2.39. The molecule has 1 aromatic heterocycles. The van der Waals surface area contributed by atoms with Crippen LogP contribution in [0.3, 0.4) is 0 Å². The van der Waals surface area contributed by atoms with E-state index in [1.165, 1.54) is 5.56 Å². The molecule has 0 bridgehead atoms. The topological polar surface area (TPSA) is 65.9 Å². The summed E-state index contributed by atoms with van der Waals surface area (Å²) >= 11 is 0. The number of ether oxygens (including phenoxy) is 4. The summed E-state index contributed by atoms with van der Waals surface area (Å²) in [7, 11) is 0. The van der Waals surface area contributed by atoms with Gasteiger partial charge in [0.2, 0.25) is 0 Å². The van der Waals surface area contributed by atoms with E-state index in [2.05, 4.69) is 70.3 Å². The maximum absolute atomic E-state index is 6.91. The van der Waals surface area contributed by atoms with Crippen LogP contribution in [0.5, 0.6) is 0 Å². The zero-order chi connectivity index (χ0) is 25.5. The average Bonchev–Trinajstić information content (AvgIpc) is 3.39. The molecule has 3 heterocycles. The Morgan fingerprint density at radius 1 is 1.03 bits per heavy atom. The lowest BCUT2D eigenvalue weighted by molar-refractivity contribution is -0.233. The molecule has 2 aliphatic rings. The molecule has 0 N–H and O–H groups in total. The van der Waals surface area contributed by atoms with Crippen molar-refractivity contribution >= 4 is 5.82 Å². The Morgan fingerprint density at radius 2 is 1.77 bits per heavy atom. The fourth-order valence-electron chi connectivity index (χ4n) is 5.64. The van der Waals surface area contributed by atoms with E-state index in [1.807, 2.05) is 0 Å². The van der Waals surface area contributed by atoms with Gasteiger partial charge in [-0.3, -0.25) is 0 Å². The third kappa shape index (κ3) is 6.54. The van der Waals surface area contributed by atoms with Gasteiger partial charge in [0.05, 0.1) is 6.10 Å². The van der Waals surface area contributed by atoms with Gasteiger partial charge in [-0.15, -0.1) is 0 Å². The first-order valence-corrected chi connectivity index (χ1v) is 13.9. The van der Waals surface area contributed by atoms with E-state index < -0.39 is 0 Å². The van der Waals surface area contributed by atoms with Crippen molar-refractivity contribution in [1.29, 1.82) is 0 Å². The highest BCUT2D eigenvalue weighted by molar-refractivity contribution is 5.54. The molecule has 0 aromatic carbocycles. The van der Waals surface area contributed by atoms with Gasteiger partial charge in [-0.2, -0.15) is 0 Å². The normalized spacial score (nSPS) is 25.3. The molecule has 2 unspecified atom stereocenters. The zero-order valence-electron chi connectivity index (χ0n) is 23.3. The average molecular weight is 492 g/mol. The third-order valence-electron chi connectivity index (χ3n) is 7.45. The second-order valence-corrected chi connectivity index (χ2v) is 10.8. The monoisotopic (exact) mass is 491 g/mol. The molecule has 5 atom stereocenters. The highest BCUT2D eigenvalue weighted by Gasteiger charge is 2.51. The highest BCUT2D eigenvalue weighted by atomic mass is 16.7.